The van der Waals surface area contributed by atoms with E-state index < -0.39 is 5.79 Å². The molecule has 1 N–H and O–H groups in total. The largest absolute Gasteiger partial charge is 0.429 e. The van der Waals surface area contributed by atoms with Gasteiger partial charge in [0.05, 0.1) is 0 Å². The summed E-state index contributed by atoms with van der Waals surface area (Å²) in [5.41, 5.74) is 1.72. The zero-order valence-corrected chi connectivity index (χ0v) is 10.2. The Labute approximate surface area is 96.8 Å². The Morgan fingerprint density at radius 1 is 1.75 bits per heavy atom. The molecule has 0 radical (unpaired) electrons. The van der Waals surface area contributed by atoms with Crippen LogP contribution in [0.2, 0.25) is 0 Å². The molecule has 1 rings (SSSR count). The summed E-state index contributed by atoms with van der Waals surface area (Å²) in [6.45, 7) is 9.32. The molecule has 0 aromatic rings. The average Bonchev–Trinajstić information content (AvgIpc) is 2.21. The maximum Gasteiger partial charge on any atom is 0.308 e. The van der Waals surface area contributed by atoms with E-state index in [2.05, 4.69) is 6.58 Å². The molecule has 2 atom stereocenters. The third-order valence-corrected chi connectivity index (χ3v) is 3.12. The quantitative estimate of drug-likeness (QED) is 0.455. The predicted molar refractivity (Wildman–Crippen MR) is 62.6 cm³/mol. The van der Waals surface area contributed by atoms with E-state index >= 15 is 0 Å². The van der Waals surface area contributed by atoms with Crippen LogP contribution in [0.1, 0.15) is 40.0 Å². The maximum atomic E-state index is 11.3. The molecule has 1 aliphatic rings. The van der Waals surface area contributed by atoms with Gasteiger partial charge in [0.15, 0.2) is 0 Å². The van der Waals surface area contributed by atoms with Gasteiger partial charge in [-0.1, -0.05) is 25.2 Å². The van der Waals surface area contributed by atoms with Crippen LogP contribution in [0, 0.1) is 5.92 Å². The smallest absolute Gasteiger partial charge is 0.308 e. The van der Waals surface area contributed by atoms with Gasteiger partial charge in [-0.15, -0.1) is 0 Å². The van der Waals surface area contributed by atoms with Gasteiger partial charge in [-0.05, 0) is 31.8 Å². The number of ether oxygens (including phenoxy) is 1. The Hall–Kier alpha value is -1.09. The number of hydrogen-bond acceptors (Lipinski definition) is 3. The average molecular weight is 224 g/mol. The topological polar surface area (TPSA) is 46.5 Å². The van der Waals surface area contributed by atoms with Crippen LogP contribution < -0.4 is 0 Å². The predicted octanol–water partition coefficient (Wildman–Crippen LogP) is 2.56. The normalized spacial score (nSPS) is 29.5. The van der Waals surface area contributed by atoms with Crippen molar-refractivity contribution in [1.82, 2.24) is 0 Å². The summed E-state index contributed by atoms with van der Waals surface area (Å²) in [5.74, 6) is -1.63. The summed E-state index contributed by atoms with van der Waals surface area (Å²) in [6, 6.07) is 0. The second-order valence-corrected chi connectivity index (χ2v) is 4.48. The van der Waals surface area contributed by atoms with Crippen LogP contribution in [0.4, 0.5) is 0 Å². The Balaban J connectivity index is 2.84. The van der Waals surface area contributed by atoms with Gasteiger partial charge in [0.2, 0.25) is 5.79 Å². The zero-order chi connectivity index (χ0) is 12.3. The SMILES string of the molecule is C=C(C)C1CC=C(C)C(O)(OC(=O)CC)C1. The molecule has 0 saturated carbocycles. The van der Waals surface area contributed by atoms with Gasteiger partial charge in [0, 0.05) is 12.8 Å². The van der Waals surface area contributed by atoms with Crippen molar-refractivity contribution in [1.29, 1.82) is 0 Å². The number of rotatable bonds is 3. The fourth-order valence-electron chi connectivity index (χ4n) is 1.81. The monoisotopic (exact) mass is 224 g/mol. The first-order valence-corrected chi connectivity index (χ1v) is 5.66. The Morgan fingerprint density at radius 3 is 2.88 bits per heavy atom. The molecular weight excluding hydrogens is 204 g/mol. The number of carbonyl (C=O) groups excluding carboxylic acids is 1. The van der Waals surface area contributed by atoms with Crippen molar-refractivity contribution in [3.05, 3.63) is 23.8 Å². The van der Waals surface area contributed by atoms with Crippen molar-refractivity contribution in [2.75, 3.05) is 0 Å². The molecule has 0 amide bonds. The van der Waals surface area contributed by atoms with E-state index in [1.807, 2.05) is 13.0 Å². The second kappa shape index (κ2) is 4.83. The van der Waals surface area contributed by atoms with Crippen LogP contribution in [-0.2, 0) is 9.53 Å². The van der Waals surface area contributed by atoms with Crippen LogP contribution in [0.3, 0.4) is 0 Å². The molecule has 0 saturated heterocycles. The van der Waals surface area contributed by atoms with Crippen molar-refractivity contribution in [2.24, 2.45) is 5.92 Å². The first-order chi connectivity index (χ1) is 7.39. The van der Waals surface area contributed by atoms with Gasteiger partial charge in [-0.3, -0.25) is 4.79 Å². The first-order valence-electron chi connectivity index (χ1n) is 5.66. The van der Waals surface area contributed by atoms with Gasteiger partial charge >= 0.3 is 5.97 Å². The van der Waals surface area contributed by atoms with E-state index in [1.54, 1.807) is 13.8 Å². The van der Waals surface area contributed by atoms with Gasteiger partial charge in [-0.2, -0.15) is 0 Å². The molecule has 0 heterocycles. The minimum atomic E-state index is -1.44. The van der Waals surface area contributed by atoms with Crippen LogP contribution >= 0.6 is 0 Å². The molecule has 3 nitrogen and oxygen atoms in total. The lowest BCUT2D eigenvalue weighted by Gasteiger charge is -2.35. The van der Waals surface area contributed by atoms with E-state index in [0.29, 0.717) is 12.0 Å². The summed E-state index contributed by atoms with van der Waals surface area (Å²) in [5, 5.41) is 10.3. The van der Waals surface area contributed by atoms with E-state index in [-0.39, 0.29) is 18.3 Å². The fraction of sp³-hybridized carbons (Fsp3) is 0.615. The molecule has 1 aliphatic carbocycles. The third kappa shape index (κ3) is 2.73. The Morgan fingerprint density at radius 2 is 2.38 bits per heavy atom. The van der Waals surface area contributed by atoms with E-state index in [0.717, 1.165) is 12.0 Å². The highest BCUT2D eigenvalue weighted by atomic mass is 16.7. The molecule has 0 bridgehead atoms. The molecular formula is C13H20O3. The van der Waals surface area contributed by atoms with E-state index in [4.69, 9.17) is 4.74 Å². The minimum Gasteiger partial charge on any atom is -0.429 e. The number of allylic oxidation sites excluding steroid dienone is 2. The highest BCUT2D eigenvalue weighted by Gasteiger charge is 2.38. The summed E-state index contributed by atoms with van der Waals surface area (Å²) in [4.78, 5) is 11.3. The Bertz CT molecular complexity index is 330. The highest BCUT2D eigenvalue weighted by Crippen LogP contribution is 2.36. The summed E-state index contributed by atoms with van der Waals surface area (Å²) in [7, 11) is 0. The van der Waals surface area contributed by atoms with E-state index in [9.17, 15) is 9.90 Å². The van der Waals surface area contributed by atoms with Crippen molar-refractivity contribution in [3.8, 4) is 0 Å². The van der Waals surface area contributed by atoms with Crippen LogP contribution in [0.5, 0.6) is 0 Å². The second-order valence-electron chi connectivity index (χ2n) is 4.48. The Kier molecular flexibility index (Phi) is 3.92. The lowest BCUT2D eigenvalue weighted by molar-refractivity contribution is -0.200. The highest BCUT2D eigenvalue weighted by molar-refractivity contribution is 5.69. The molecule has 0 aromatic heterocycles. The van der Waals surface area contributed by atoms with Gasteiger partial charge in [0.25, 0.3) is 0 Å². The van der Waals surface area contributed by atoms with Crippen LogP contribution in [0.25, 0.3) is 0 Å². The zero-order valence-electron chi connectivity index (χ0n) is 10.2. The number of aliphatic hydroxyl groups is 1. The van der Waals surface area contributed by atoms with Gasteiger partial charge < -0.3 is 9.84 Å². The van der Waals surface area contributed by atoms with Gasteiger partial charge in [0.1, 0.15) is 0 Å². The molecule has 0 aliphatic heterocycles. The van der Waals surface area contributed by atoms with Gasteiger partial charge in [-0.25, -0.2) is 0 Å². The standard InChI is InChI=1S/C13H20O3/c1-5-12(14)16-13(15)8-11(9(2)3)7-6-10(13)4/h6,11,15H,2,5,7-8H2,1,3-4H3. The minimum absolute atomic E-state index is 0.179. The molecule has 2 unspecified atom stereocenters. The molecule has 0 spiro atoms. The maximum absolute atomic E-state index is 11.3. The molecule has 3 heteroatoms. The van der Waals surface area contributed by atoms with E-state index in [1.165, 1.54) is 0 Å². The third-order valence-electron chi connectivity index (χ3n) is 3.12. The fourth-order valence-corrected chi connectivity index (χ4v) is 1.81. The lowest BCUT2D eigenvalue weighted by Crippen LogP contribution is -2.40. The summed E-state index contributed by atoms with van der Waals surface area (Å²) >= 11 is 0. The van der Waals surface area contributed by atoms with Crippen LogP contribution in [0.15, 0.2) is 23.8 Å². The van der Waals surface area contributed by atoms with Crippen molar-refractivity contribution >= 4 is 5.97 Å². The molecule has 16 heavy (non-hydrogen) atoms. The van der Waals surface area contributed by atoms with Crippen molar-refractivity contribution in [3.63, 3.8) is 0 Å². The number of esters is 1. The summed E-state index contributed by atoms with van der Waals surface area (Å²) < 4.78 is 5.13. The lowest BCUT2D eigenvalue weighted by atomic mass is 9.82. The number of carbonyl (C=O) groups is 1. The van der Waals surface area contributed by atoms with Crippen molar-refractivity contribution in [2.45, 2.75) is 45.8 Å². The number of hydrogen-bond donors (Lipinski definition) is 1. The molecule has 90 valence electrons. The molecule has 0 fully saturated rings. The first kappa shape index (κ1) is 13.0. The molecule has 0 aromatic carbocycles. The van der Waals surface area contributed by atoms with Crippen molar-refractivity contribution < 1.29 is 14.6 Å². The van der Waals surface area contributed by atoms with Crippen LogP contribution in [-0.4, -0.2) is 16.9 Å². The summed E-state index contributed by atoms with van der Waals surface area (Å²) in [6.07, 6.45) is 3.46.